The molecule has 0 bridgehead atoms. The molecule has 2 aliphatic rings. The highest BCUT2D eigenvalue weighted by Gasteiger charge is 2.30. The van der Waals surface area contributed by atoms with Crippen molar-refractivity contribution >= 4 is 29.4 Å². The molecule has 2 aromatic rings. The Labute approximate surface area is 193 Å². The van der Waals surface area contributed by atoms with Gasteiger partial charge in [0.2, 0.25) is 0 Å². The van der Waals surface area contributed by atoms with E-state index in [2.05, 4.69) is 0 Å². The lowest BCUT2D eigenvalue weighted by molar-refractivity contribution is -0.151. The van der Waals surface area contributed by atoms with Gasteiger partial charge in [-0.1, -0.05) is 23.7 Å². The van der Waals surface area contributed by atoms with Crippen LogP contribution in [0.3, 0.4) is 0 Å². The summed E-state index contributed by atoms with van der Waals surface area (Å²) < 4.78 is 5.53. The third-order valence-electron chi connectivity index (χ3n) is 6.11. The minimum absolute atomic E-state index is 0.0543. The van der Waals surface area contributed by atoms with Gasteiger partial charge < -0.3 is 14.5 Å². The van der Waals surface area contributed by atoms with Gasteiger partial charge in [0.15, 0.2) is 0 Å². The van der Waals surface area contributed by atoms with E-state index in [4.69, 9.17) is 16.3 Å². The molecular weight excluding hydrogens is 428 g/mol. The Bertz CT molecular complexity index is 968. The maximum atomic E-state index is 12.7. The van der Waals surface area contributed by atoms with E-state index in [1.54, 1.807) is 41.3 Å². The highest BCUT2D eigenvalue weighted by atomic mass is 35.5. The fraction of sp³-hybridized carbons (Fsp3) is 0.400. The molecular formula is C25H27ClN2O4. The minimum atomic E-state index is -0.337. The summed E-state index contributed by atoms with van der Waals surface area (Å²) in [5.74, 6) is -0.678. The molecule has 168 valence electrons. The Morgan fingerprint density at radius 1 is 0.812 bits per heavy atom. The van der Waals surface area contributed by atoms with Crippen LogP contribution in [0.25, 0.3) is 0 Å². The van der Waals surface area contributed by atoms with Crippen LogP contribution in [-0.4, -0.2) is 53.8 Å². The van der Waals surface area contributed by atoms with Crippen LogP contribution >= 0.6 is 11.6 Å². The molecule has 0 aromatic heterocycles. The second kappa shape index (κ2) is 10.2. The summed E-state index contributed by atoms with van der Waals surface area (Å²) in [6.45, 7) is 2.76. The normalized spacial score (nSPS) is 18.5. The number of hydrogen-bond acceptors (Lipinski definition) is 4. The summed E-state index contributed by atoms with van der Waals surface area (Å²) in [7, 11) is 0. The SMILES string of the molecule is O=C(OCc1ccc(C(=O)N2CCCC2)cc1)[C@H]1CCCN(C(=O)c2ccc(Cl)cc2)C1. The molecule has 0 unspecified atom stereocenters. The van der Waals surface area contributed by atoms with Crippen molar-refractivity contribution in [2.24, 2.45) is 5.92 Å². The molecule has 2 heterocycles. The number of carbonyl (C=O) groups excluding carboxylic acids is 3. The lowest BCUT2D eigenvalue weighted by atomic mass is 9.97. The molecule has 0 spiro atoms. The van der Waals surface area contributed by atoms with Gasteiger partial charge in [-0.2, -0.15) is 0 Å². The summed E-state index contributed by atoms with van der Waals surface area (Å²) in [6, 6.07) is 14.0. The maximum absolute atomic E-state index is 12.7. The van der Waals surface area contributed by atoms with Crippen LogP contribution in [-0.2, 0) is 16.1 Å². The topological polar surface area (TPSA) is 66.9 Å². The fourth-order valence-electron chi connectivity index (χ4n) is 4.25. The Morgan fingerprint density at radius 2 is 1.38 bits per heavy atom. The molecule has 1 atom stereocenters. The number of esters is 1. The molecule has 2 saturated heterocycles. The van der Waals surface area contributed by atoms with Crippen LogP contribution in [0.2, 0.25) is 5.02 Å². The Morgan fingerprint density at radius 3 is 2.03 bits per heavy atom. The predicted octanol–water partition coefficient (Wildman–Crippen LogP) is 4.17. The molecule has 6 nitrogen and oxygen atoms in total. The van der Waals surface area contributed by atoms with Crippen LogP contribution in [0.15, 0.2) is 48.5 Å². The van der Waals surface area contributed by atoms with Crippen LogP contribution in [0.1, 0.15) is 52.0 Å². The predicted molar refractivity (Wildman–Crippen MR) is 121 cm³/mol. The van der Waals surface area contributed by atoms with Gasteiger partial charge in [0, 0.05) is 42.3 Å². The van der Waals surface area contributed by atoms with Crippen molar-refractivity contribution in [1.29, 1.82) is 0 Å². The second-order valence-corrected chi connectivity index (χ2v) is 8.84. The lowest BCUT2D eigenvalue weighted by Crippen LogP contribution is -2.42. The number of rotatable bonds is 5. The second-order valence-electron chi connectivity index (χ2n) is 8.40. The van der Waals surface area contributed by atoms with Gasteiger partial charge in [0.25, 0.3) is 11.8 Å². The van der Waals surface area contributed by atoms with Gasteiger partial charge in [-0.15, -0.1) is 0 Å². The first-order valence-electron chi connectivity index (χ1n) is 11.1. The third kappa shape index (κ3) is 5.30. The average molecular weight is 455 g/mol. The van der Waals surface area contributed by atoms with Crippen LogP contribution in [0, 0.1) is 5.92 Å². The van der Waals surface area contributed by atoms with Gasteiger partial charge in [-0.3, -0.25) is 14.4 Å². The monoisotopic (exact) mass is 454 g/mol. The first-order chi connectivity index (χ1) is 15.5. The molecule has 2 aliphatic heterocycles. The molecule has 0 N–H and O–H groups in total. The van der Waals surface area contributed by atoms with Crippen molar-refractivity contribution in [3.8, 4) is 0 Å². The lowest BCUT2D eigenvalue weighted by Gasteiger charge is -2.31. The summed E-state index contributed by atoms with van der Waals surface area (Å²) in [5.41, 5.74) is 2.05. The fourth-order valence-corrected chi connectivity index (χ4v) is 4.37. The zero-order valence-corrected chi connectivity index (χ0v) is 18.7. The van der Waals surface area contributed by atoms with Gasteiger partial charge in [-0.25, -0.2) is 0 Å². The number of hydrogen-bond donors (Lipinski definition) is 0. The van der Waals surface area contributed by atoms with Gasteiger partial charge in [-0.05, 0) is 67.6 Å². The quantitative estimate of drug-likeness (QED) is 0.636. The smallest absolute Gasteiger partial charge is 0.311 e. The first-order valence-corrected chi connectivity index (χ1v) is 11.5. The van der Waals surface area contributed by atoms with Gasteiger partial charge >= 0.3 is 5.97 Å². The molecule has 0 radical (unpaired) electrons. The zero-order chi connectivity index (χ0) is 22.5. The molecule has 0 saturated carbocycles. The number of piperidine rings is 1. The zero-order valence-electron chi connectivity index (χ0n) is 18.0. The molecule has 4 rings (SSSR count). The largest absolute Gasteiger partial charge is 0.461 e. The number of carbonyl (C=O) groups is 3. The van der Waals surface area contributed by atoms with E-state index >= 15 is 0 Å². The highest BCUT2D eigenvalue weighted by Crippen LogP contribution is 2.21. The summed E-state index contributed by atoms with van der Waals surface area (Å²) in [4.78, 5) is 41.4. The summed E-state index contributed by atoms with van der Waals surface area (Å²) >= 11 is 5.90. The van der Waals surface area contributed by atoms with Crippen LogP contribution in [0.5, 0.6) is 0 Å². The summed E-state index contributed by atoms with van der Waals surface area (Å²) in [5, 5.41) is 0.579. The van der Waals surface area contributed by atoms with E-state index in [-0.39, 0.29) is 30.3 Å². The van der Waals surface area contributed by atoms with Crippen molar-refractivity contribution in [3.63, 3.8) is 0 Å². The van der Waals surface area contributed by atoms with E-state index in [9.17, 15) is 14.4 Å². The number of benzene rings is 2. The number of amides is 2. The highest BCUT2D eigenvalue weighted by molar-refractivity contribution is 6.30. The molecule has 2 aromatic carbocycles. The molecule has 0 aliphatic carbocycles. The van der Waals surface area contributed by atoms with Crippen molar-refractivity contribution in [2.45, 2.75) is 32.3 Å². The van der Waals surface area contributed by atoms with E-state index in [0.717, 1.165) is 37.9 Å². The van der Waals surface area contributed by atoms with E-state index < -0.39 is 0 Å². The number of likely N-dealkylation sites (tertiary alicyclic amines) is 2. The van der Waals surface area contributed by atoms with Crippen molar-refractivity contribution in [3.05, 3.63) is 70.2 Å². The van der Waals surface area contributed by atoms with Crippen molar-refractivity contribution < 1.29 is 19.1 Å². The van der Waals surface area contributed by atoms with Crippen molar-refractivity contribution in [1.82, 2.24) is 9.80 Å². The minimum Gasteiger partial charge on any atom is -0.461 e. The van der Waals surface area contributed by atoms with Crippen molar-refractivity contribution in [2.75, 3.05) is 26.2 Å². The molecule has 7 heteroatoms. The standard InChI is InChI=1S/C25H27ClN2O4/c26-22-11-9-20(10-12-22)24(30)28-15-3-4-21(16-28)25(31)32-17-18-5-7-19(8-6-18)23(29)27-13-1-2-14-27/h5-12,21H,1-4,13-17H2/t21-/m0/s1. The Hall–Kier alpha value is -2.86. The van der Waals surface area contributed by atoms with E-state index in [1.807, 2.05) is 17.0 Å². The van der Waals surface area contributed by atoms with Crippen LogP contribution < -0.4 is 0 Å². The number of nitrogens with zero attached hydrogens (tertiary/aromatic N) is 2. The van der Waals surface area contributed by atoms with Crippen LogP contribution in [0.4, 0.5) is 0 Å². The molecule has 2 amide bonds. The molecule has 2 fully saturated rings. The van der Waals surface area contributed by atoms with E-state index in [0.29, 0.717) is 35.7 Å². The average Bonchev–Trinajstić information content (AvgIpc) is 3.37. The maximum Gasteiger partial charge on any atom is 0.311 e. The third-order valence-corrected chi connectivity index (χ3v) is 6.36. The number of ether oxygens (including phenoxy) is 1. The molecule has 32 heavy (non-hydrogen) atoms. The first kappa shape index (κ1) is 22.3. The van der Waals surface area contributed by atoms with Gasteiger partial charge in [0.1, 0.15) is 6.61 Å². The Balaban J connectivity index is 1.29. The van der Waals surface area contributed by atoms with Gasteiger partial charge in [0.05, 0.1) is 5.92 Å². The Kier molecular flexibility index (Phi) is 7.10. The number of halogens is 1. The summed E-state index contributed by atoms with van der Waals surface area (Å²) in [6.07, 6.45) is 3.58. The van der Waals surface area contributed by atoms with E-state index in [1.165, 1.54) is 0 Å².